The summed E-state index contributed by atoms with van der Waals surface area (Å²) in [6.45, 7) is 15.6. The van der Waals surface area contributed by atoms with E-state index in [1.165, 1.54) is 12.8 Å². The van der Waals surface area contributed by atoms with Crippen LogP contribution in [0, 0.1) is 11.3 Å². The van der Waals surface area contributed by atoms with Crippen LogP contribution in [0.5, 0.6) is 0 Å². The van der Waals surface area contributed by atoms with Gasteiger partial charge in [-0.15, -0.1) is 0 Å². The summed E-state index contributed by atoms with van der Waals surface area (Å²) in [5, 5.41) is 3.65. The molecule has 0 radical (unpaired) electrons. The van der Waals surface area contributed by atoms with Gasteiger partial charge < -0.3 is 15.0 Å². The molecule has 0 aromatic rings. The van der Waals surface area contributed by atoms with E-state index in [0.717, 1.165) is 32.2 Å². The summed E-state index contributed by atoms with van der Waals surface area (Å²) in [5.41, 5.74) is 0.381. The van der Waals surface area contributed by atoms with Crippen molar-refractivity contribution in [3.63, 3.8) is 0 Å². The third-order valence-electron chi connectivity index (χ3n) is 4.30. The van der Waals surface area contributed by atoms with E-state index < -0.39 is 0 Å². The van der Waals surface area contributed by atoms with Gasteiger partial charge in [-0.25, -0.2) is 0 Å². The molecule has 0 aliphatic heterocycles. The zero-order valence-corrected chi connectivity index (χ0v) is 14.3. The molecule has 0 aromatic heterocycles. The Morgan fingerprint density at radius 2 is 1.74 bits per heavy atom. The molecule has 0 fully saturated rings. The van der Waals surface area contributed by atoms with Gasteiger partial charge in [0.05, 0.1) is 6.61 Å². The first-order valence-electron chi connectivity index (χ1n) is 7.80. The summed E-state index contributed by atoms with van der Waals surface area (Å²) in [6.07, 6.45) is 2.44. The first-order valence-corrected chi connectivity index (χ1v) is 7.80. The Labute approximate surface area is 121 Å². The Balaban J connectivity index is 4.43. The maximum Gasteiger partial charge on any atom is 0.0615 e. The van der Waals surface area contributed by atoms with Gasteiger partial charge >= 0.3 is 0 Å². The van der Waals surface area contributed by atoms with Crippen molar-refractivity contribution >= 4 is 0 Å². The highest BCUT2D eigenvalue weighted by Crippen LogP contribution is 2.27. The molecule has 0 aliphatic rings. The molecular formula is C16H36N2O. The van der Waals surface area contributed by atoms with Crippen molar-refractivity contribution in [2.45, 2.75) is 53.5 Å². The number of nitrogens with one attached hydrogen (secondary N) is 1. The molecule has 0 spiro atoms. The van der Waals surface area contributed by atoms with Crippen molar-refractivity contribution < 1.29 is 4.74 Å². The third-order valence-corrected chi connectivity index (χ3v) is 4.30. The average molecular weight is 272 g/mol. The molecular weight excluding hydrogens is 236 g/mol. The lowest BCUT2D eigenvalue weighted by atomic mass is 9.81. The van der Waals surface area contributed by atoms with Gasteiger partial charge in [0.15, 0.2) is 0 Å². The van der Waals surface area contributed by atoms with E-state index in [9.17, 15) is 0 Å². The molecule has 0 aliphatic carbocycles. The van der Waals surface area contributed by atoms with Crippen molar-refractivity contribution in [3.05, 3.63) is 0 Å². The van der Waals surface area contributed by atoms with Crippen LogP contribution in [-0.2, 0) is 4.74 Å². The standard InChI is InChI=1S/C16H36N2O/c1-8-16(9-2,12-17-10-14(3)4)13-18(6)15(5)11-19-7/h14-15,17H,8-13H2,1-7H3. The summed E-state index contributed by atoms with van der Waals surface area (Å²) in [5.74, 6) is 0.719. The van der Waals surface area contributed by atoms with Gasteiger partial charge in [-0.05, 0) is 44.7 Å². The lowest BCUT2D eigenvalue weighted by Crippen LogP contribution is -2.46. The lowest BCUT2D eigenvalue weighted by molar-refractivity contribution is 0.0752. The lowest BCUT2D eigenvalue weighted by Gasteiger charge is -2.38. The monoisotopic (exact) mass is 272 g/mol. The van der Waals surface area contributed by atoms with Crippen molar-refractivity contribution in [1.29, 1.82) is 0 Å². The van der Waals surface area contributed by atoms with E-state index in [4.69, 9.17) is 4.74 Å². The fraction of sp³-hybridized carbons (Fsp3) is 1.00. The summed E-state index contributed by atoms with van der Waals surface area (Å²) in [4.78, 5) is 2.44. The molecule has 3 heteroatoms. The second-order valence-electron chi connectivity index (χ2n) is 6.45. The minimum atomic E-state index is 0.381. The number of hydrogen-bond donors (Lipinski definition) is 1. The van der Waals surface area contributed by atoms with Gasteiger partial charge in [-0.1, -0.05) is 27.7 Å². The van der Waals surface area contributed by atoms with Gasteiger partial charge in [0.1, 0.15) is 0 Å². The third kappa shape index (κ3) is 7.28. The maximum absolute atomic E-state index is 5.26. The Hall–Kier alpha value is -0.120. The number of ether oxygens (including phenoxy) is 1. The molecule has 0 rings (SSSR count). The molecule has 0 saturated heterocycles. The first kappa shape index (κ1) is 18.9. The van der Waals surface area contributed by atoms with Crippen LogP contribution in [0.15, 0.2) is 0 Å². The van der Waals surface area contributed by atoms with Gasteiger partial charge in [0.2, 0.25) is 0 Å². The Morgan fingerprint density at radius 1 is 1.16 bits per heavy atom. The van der Waals surface area contributed by atoms with Crippen LogP contribution in [0.3, 0.4) is 0 Å². The fourth-order valence-corrected chi connectivity index (χ4v) is 2.46. The normalized spacial score (nSPS) is 14.4. The van der Waals surface area contributed by atoms with Gasteiger partial charge in [-0.2, -0.15) is 0 Å². The molecule has 0 heterocycles. The van der Waals surface area contributed by atoms with Crippen molar-refractivity contribution in [1.82, 2.24) is 10.2 Å². The highest BCUT2D eigenvalue weighted by Gasteiger charge is 2.28. The molecule has 1 unspecified atom stereocenters. The maximum atomic E-state index is 5.26. The van der Waals surface area contributed by atoms with Crippen LogP contribution < -0.4 is 5.32 Å². The smallest absolute Gasteiger partial charge is 0.0615 e. The minimum Gasteiger partial charge on any atom is -0.383 e. The largest absolute Gasteiger partial charge is 0.383 e. The second-order valence-corrected chi connectivity index (χ2v) is 6.45. The van der Waals surface area contributed by atoms with E-state index in [1.807, 2.05) is 0 Å². The molecule has 1 atom stereocenters. The van der Waals surface area contributed by atoms with Crippen molar-refractivity contribution in [2.75, 3.05) is 40.4 Å². The number of likely N-dealkylation sites (N-methyl/N-ethyl adjacent to an activating group) is 1. The van der Waals surface area contributed by atoms with Crippen molar-refractivity contribution in [2.24, 2.45) is 11.3 Å². The van der Waals surface area contributed by atoms with Crippen LogP contribution in [-0.4, -0.2) is 51.3 Å². The SMILES string of the molecule is CCC(CC)(CNCC(C)C)CN(C)C(C)COC. The molecule has 116 valence electrons. The van der Waals surface area contributed by atoms with E-state index in [2.05, 4.69) is 51.9 Å². The zero-order valence-electron chi connectivity index (χ0n) is 14.3. The van der Waals surface area contributed by atoms with Crippen LogP contribution in [0.2, 0.25) is 0 Å². The fourth-order valence-electron chi connectivity index (χ4n) is 2.46. The van der Waals surface area contributed by atoms with E-state index in [0.29, 0.717) is 11.5 Å². The predicted octanol–water partition coefficient (Wildman–Crippen LogP) is 3.01. The highest BCUT2D eigenvalue weighted by molar-refractivity contribution is 4.83. The summed E-state index contributed by atoms with van der Waals surface area (Å²) >= 11 is 0. The molecule has 0 aromatic carbocycles. The van der Waals surface area contributed by atoms with Gasteiger partial charge in [0.25, 0.3) is 0 Å². The van der Waals surface area contributed by atoms with Gasteiger partial charge in [-0.3, -0.25) is 0 Å². The molecule has 3 nitrogen and oxygen atoms in total. The summed E-state index contributed by atoms with van der Waals surface area (Å²) < 4.78 is 5.26. The topological polar surface area (TPSA) is 24.5 Å². The Bertz CT molecular complexity index is 215. The van der Waals surface area contributed by atoms with Gasteiger partial charge in [0, 0.05) is 26.2 Å². The summed E-state index contributed by atoms with van der Waals surface area (Å²) in [6, 6.07) is 0.479. The number of hydrogen-bond acceptors (Lipinski definition) is 3. The number of nitrogens with zero attached hydrogens (tertiary/aromatic N) is 1. The summed E-state index contributed by atoms with van der Waals surface area (Å²) in [7, 11) is 3.99. The van der Waals surface area contributed by atoms with E-state index in [1.54, 1.807) is 7.11 Å². The average Bonchev–Trinajstić information content (AvgIpc) is 2.37. The Morgan fingerprint density at radius 3 is 2.16 bits per heavy atom. The molecule has 19 heavy (non-hydrogen) atoms. The van der Waals surface area contributed by atoms with E-state index in [-0.39, 0.29) is 0 Å². The minimum absolute atomic E-state index is 0.381. The Kier molecular flexibility index (Phi) is 9.67. The molecule has 0 bridgehead atoms. The van der Waals surface area contributed by atoms with Crippen LogP contribution in [0.25, 0.3) is 0 Å². The highest BCUT2D eigenvalue weighted by atomic mass is 16.5. The number of methoxy groups -OCH3 is 1. The molecule has 0 amide bonds. The van der Waals surface area contributed by atoms with Crippen LogP contribution in [0.1, 0.15) is 47.5 Å². The van der Waals surface area contributed by atoms with Crippen molar-refractivity contribution in [3.8, 4) is 0 Å². The first-order chi connectivity index (χ1) is 8.90. The second kappa shape index (κ2) is 9.73. The molecule has 0 saturated carbocycles. The van der Waals surface area contributed by atoms with Crippen LogP contribution in [0.4, 0.5) is 0 Å². The van der Waals surface area contributed by atoms with Crippen LogP contribution >= 0.6 is 0 Å². The quantitative estimate of drug-likeness (QED) is 0.626. The number of rotatable bonds is 11. The van der Waals surface area contributed by atoms with E-state index >= 15 is 0 Å². The predicted molar refractivity (Wildman–Crippen MR) is 84.7 cm³/mol. The molecule has 1 N–H and O–H groups in total. The zero-order chi connectivity index (χ0) is 14.9.